The number of rotatable bonds is 3. The standard InChI is InChI=1S/C19H14BrNO2/c1-13(11-14-7-3-2-4-8-14)12-17-19(22)23-18(21-17)15-9-5-6-10-16(15)20/h2-12H,1H3/b13-11-,17-12-. The number of carbonyl (C=O) groups excluding carboxylic acids is 1. The molecule has 0 bridgehead atoms. The van der Waals surface area contributed by atoms with E-state index in [1.54, 1.807) is 6.08 Å². The molecule has 1 heterocycles. The van der Waals surface area contributed by atoms with Crippen LogP contribution in [-0.2, 0) is 9.53 Å². The number of hydrogen-bond donors (Lipinski definition) is 0. The lowest BCUT2D eigenvalue weighted by Crippen LogP contribution is -2.05. The van der Waals surface area contributed by atoms with Crippen molar-refractivity contribution in [1.82, 2.24) is 0 Å². The Morgan fingerprint density at radius 3 is 2.52 bits per heavy atom. The van der Waals surface area contributed by atoms with Gasteiger partial charge in [0.05, 0.1) is 5.56 Å². The van der Waals surface area contributed by atoms with Gasteiger partial charge in [-0.1, -0.05) is 48.5 Å². The van der Waals surface area contributed by atoms with E-state index in [0.717, 1.165) is 21.2 Å². The Balaban J connectivity index is 1.89. The van der Waals surface area contributed by atoms with E-state index in [4.69, 9.17) is 4.74 Å². The van der Waals surface area contributed by atoms with Crippen LogP contribution in [-0.4, -0.2) is 11.9 Å². The van der Waals surface area contributed by atoms with Gasteiger partial charge in [-0.3, -0.25) is 0 Å². The number of ether oxygens (including phenoxy) is 1. The molecule has 3 nitrogen and oxygen atoms in total. The number of allylic oxidation sites excluding steroid dienone is 2. The van der Waals surface area contributed by atoms with Crippen molar-refractivity contribution < 1.29 is 9.53 Å². The molecule has 0 radical (unpaired) electrons. The van der Waals surface area contributed by atoms with Crippen molar-refractivity contribution in [2.45, 2.75) is 6.92 Å². The Kier molecular flexibility index (Phi) is 4.53. The van der Waals surface area contributed by atoms with Gasteiger partial charge in [-0.15, -0.1) is 0 Å². The first-order chi connectivity index (χ1) is 11.1. The van der Waals surface area contributed by atoms with E-state index in [-0.39, 0.29) is 0 Å². The fraction of sp³-hybridized carbons (Fsp3) is 0.0526. The summed E-state index contributed by atoms with van der Waals surface area (Å²) in [5.41, 5.74) is 3.07. The summed E-state index contributed by atoms with van der Waals surface area (Å²) in [7, 11) is 0. The molecule has 2 aromatic rings. The van der Waals surface area contributed by atoms with Crippen LogP contribution >= 0.6 is 15.9 Å². The molecule has 3 rings (SSSR count). The molecule has 4 heteroatoms. The second-order valence-corrected chi connectivity index (χ2v) is 5.97. The number of esters is 1. The van der Waals surface area contributed by atoms with Crippen molar-refractivity contribution in [3.8, 4) is 0 Å². The van der Waals surface area contributed by atoms with Crippen molar-refractivity contribution >= 4 is 33.9 Å². The van der Waals surface area contributed by atoms with Crippen LogP contribution in [0.15, 0.2) is 81.4 Å². The second kappa shape index (κ2) is 6.75. The molecule has 0 atom stereocenters. The summed E-state index contributed by atoms with van der Waals surface area (Å²) in [6.07, 6.45) is 3.73. The Labute approximate surface area is 143 Å². The smallest absolute Gasteiger partial charge is 0.363 e. The molecule has 0 amide bonds. The monoisotopic (exact) mass is 367 g/mol. The predicted molar refractivity (Wildman–Crippen MR) is 94.9 cm³/mol. The minimum atomic E-state index is -0.434. The minimum absolute atomic E-state index is 0.306. The van der Waals surface area contributed by atoms with Gasteiger partial charge in [0.2, 0.25) is 5.90 Å². The zero-order chi connectivity index (χ0) is 16.2. The Bertz CT molecular complexity index is 835. The number of hydrogen-bond acceptors (Lipinski definition) is 3. The maximum Gasteiger partial charge on any atom is 0.363 e. The van der Waals surface area contributed by atoms with Crippen LogP contribution in [0.2, 0.25) is 0 Å². The summed E-state index contributed by atoms with van der Waals surface area (Å²) in [4.78, 5) is 16.3. The third kappa shape index (κ3) is 3.66. The summed E-state index contributed by atoms with van der Waals surface area (Å²) in [6.45, 7) is 1.93. The lowest BCUT2D eigenvalue weighted by Gasteiger charge is -2.01. The average Bonchev–Trinajstić information content (AvgIpc) is 2.89. The van der Waals surface area contributed by atoms with Gasteiger partial charge in [0.25, 0.3) is 0 Å². The van der Waals surface area contributed by atoms with Crippen LogP contribution in [0.3, 0.4) is 0 Å². The van der Waals surface area contributed by atoms with Gasteiger partial charge >= 0.3 is 5.97 Å². The van der Waals surface area contributed by atoms with E-state index < -0.39 is 5.97 Å². The van der Waals surface area contributed by atoms with Crippen molar-refractivity contribution in [2.75, 3.05) is 0 Å². The topological polar surface area (TPSA) is 38.7 Å². The quantitative estimate of drug-likeness (QED) is 0.580. The summed E-state index contributed by atoms with van der Waals surface area (Å²) in [5, 5.41) is 0. The van der Waals surface area contributed by atoms with Crippen molar-refractivity contribution in [3.63, 3.8) is 0 Å². The van der Waals surface area contributed by atoms with Crippen LogP contribution in [0, 0.1) is 0 Å². The van der Waals surface area contributed by atoms with E-state index in [1.165, 1.54) is 0 Å². The summed E-state index contributed by atoms with van der Waals surface area (Å²) in [5.74, 6) is -0.113. The van der Waals surface area contributed by atoms with Crippen LogP contribution in [0.1, 0.15) is 18.1 Å². The highest BCUT2D eigenvalue weighted by Crippen LogP contribution is 2.23. The third-order valence-corrected chi connectivity index (χ3v) is 3.97. The van der Waals surface area contributed by atoms with Crippen LogP contribution in [0.5, 0.6) is 0 Å². The van der Waals surface area contributed by atoms with Crippen molar-refractivity contribution in [2.24, 2.45) is 4.99 Å². The molecule has 0 aromatic heterocycles. The normalized spacial score (nSPS) is 16.4. The number of halogens is 1. The lowest BCUT2D eigenvalue weighted by atomic mass is 10.1. The highest BCUT2D eigenvalue weighted by Gasteiger charge is 2.25. The molecule has 114 valence electrons. The van der Waals surface area contributed by atoms with Gasteiger partial charge in [0.15, 0.2) is 5.70 Å². The molecule has 0 saturated carbocycles. The molecule has 0 saturated heterocycles. The number of cyclic esters (lactones) is 1. The first-order valence-electron chi connectivity index (χ1n) is 7.14. The molecule has 2 aromatic carbocycles. The molecular formula is C19H14BrNO2. The molecule has 0 N–H and O–H groups in total. The zero-order valence-electron chi connectivity index (χ0n) is 12.5. The summed E-state index contributed by atoms with van der Waals surface area (Å²) >= 11 is 3.44. The first kappa shape index (κ1) is 15.4. The van der Waals surface area contributed by atoms with Crippen molar-refractivity contribution in [3.05, 3.63) is 87.5 Å². The second-order valence-electron chi connectivity index (χ2n) is 5.11. The number of nitrogens with zero attached hydrogens (tertiary/aromatic N) is 1. The Morgan fingerprint density at radius 1 is 1.09 bits per heavy atom. The Hall–Kier alpha value is -2.46. The van der Waals surface area contributed by atoms with E-state index in [1.807, 2.05) is 67.6 Å². The van der Waals surface area contributed by atoms with Crippen LogP contribution in [0.25, 0.3) is 6.08 Å². The van der Waals surface area contributed by atoms with E-state index in [0.29, 0.717) is 11.6 Å². The van der Waals surface area contributed by atoms with Crippen molar-refractivity contribution in [1.29, 1.82) is 0 Å². The lowest BCUT2D eigenvalue weighted by molar-refractivity contribution is -0.130. The maximum atomic E-state index is 12.0. The summed E-state index contributed by atoms with van der Waals surface area (Å²) < 4.78 is 6.11. The number of benzene rings is 2. The molecule has 0 aliphatic carbocycles. The zero-order valence-corrected chi connectivity index (χ0v) is 14.1. The maximum absolute atomic E-state index is 12.0. The van der Waals surface area contributed by atoms with Gasteiger partial charge in [0.1, 0.15) is 0 Å². The predicted octanol–water partition coefficient (Wildman–Crippen LogP) is 4.74. The van der Waals surface area contributed by atoms with Gasteiger partial charge in [-0.2, -0.15) is 0 Å². The SMILES string of the molecule is CC(=C/c1ccccc1)/C=C1\N=C(c2ccccc2Br)OC1=O. The molecule has 1 aliphatic heterocycles. The van der Waals surface area contributed by atoms with Gasteiger partial charge in [-0.25, -0.2) is 9.79 Å². The fourth-order valence-corrected chi connectivity index (χ4v) is 2.68. The minimum Gasteiger partial charge on any atom is -0.402 e. The Morgan fingerprint density at radius 2 is 1.78 bits per heavy atom. The molecule has 0 fully saturated rings. The molecule has 0 spiro atoms. The van der Waals surface area contributed by atoms with E-state index >= 15 is 0 Å². The van der Waals surface area contributed by atoms with E-state index in [2.05, 4.69) is 20.9 Å². The van der Waals surface area contributed by atoms with E-state index in [9.17, 15) is 4.79 Å². The van der Waals surface area contributed by atoms with Crippen LogP contribution < -0.4 is 0 Å². The number of aliphatic imine (C=N–C) groups is 1. The molecular weight excluding hydrogens is 354 g/mol. The molecule has 1 aliphatic rings. The fourth-order valence-electron chi connectivity index (χ4n) is 2.23. The number of carbonyl (C=O) groups is 1. The van der Waals surface area contributed by atoms with Gasteiger partial charge < -0.3 is 4.74 Å². The summed E-state index contributed by atoms with van der Waals surface area (Å²) in [6, 6.07) is 17.4. The largest absolute Gasteiger partial charge is 0.402 e. The first-order valence-corrected chi connectivity index (χ1v) is 7.93. The van der Waals surface area contributed by atoms with Crippen LogP contribution in [0.4, 0.5) is 0 Å². The highest BCUT2D eigenvalue weighted by atomic mass is 79.9. The average molecular weight is 368 g/mol. The van der Waals surface area contributed by atoms with Gasteiger partial charge in [0, 0.05) is 4.47 Å². The molecule has 0 unspecified atom stereocenters. The highest BCUT2D eigenvalue weighted by molar-refractivity contribution is 9.10. The molecule has 23 heavy (non-hydrogen) atoms. The third-order valence-electron chi connectivity index (χ3n) is 3.28. The van der Waals surface area contributed by atoms with Gasteiger partial charge in [-0.05, 0) is 52.2 Å².